The Morgan fingerprint density at radius 2 is 2.25 bits per heavy atom. The number of carbonyl (C=O) groups is 1. The first-order chi connectivity index (χ1) is 9.41. The van der Waals surface area contributed by atoms with Gasteiger partial charge < -0.3 is 0 Å². The fraction of sp³-hybridized carbons (Fsp3) is 0.533. The molecular formula is C15H22FN3O. The number of hydrogen-bond acceptors (Lipinski definition) is 3. The van der Waals surface area contributed by atoms with Crippen LogP contribution in [0.3, 0.4) is 0 Å². The standard InChI is InChI=1S/C15H22FN3O/c1-15(2)6-3-7-19(10-15)9-12-8-11(14(20)18-17)4-5-13(12)16/h4-5,8H,3,6-7,9-10,17H2,1-2H3,(H,18,20). The zero-order valence-corrected chi connectivity index (χ0v) is 12.1. The summed E-state index contributed by atoms with van der Waals surface area (Å²) >= 11 is 0. The van der Waals surface area contributed by atoms with Gasteiger partial charge >= 0.3 is 0 Å². The second kappa shape index (κ2) is 5.89. The highest BCUT2D eigenvalue weighted by atomic mass is 19.1. The van der Waals surface area contributed by atoms with E-state index in [4.69, 9.17) is 5.84 Å². The average Bonchev–Trinajstić information content (AvgIpc) is 2.39. The summed E-state index contributed by atoms with van der Waals surface area (Å²) in [5.41, 5.74) is 3.27. The Morgan fingerprint density at radius 1 is 1.50 bits per heavy atom. The van der Waals surface area contributed by atoms with Crippen molar-refractivity contribution in [2.24, 2.45) is 11.3 Å². The minimum Gasteiger partial charge on any atom is -0.298 e. The Kier molecular flexibility index (Phi) is 4.40. The van der Waals surface area contributed by atoms with Gasteiger partial charge in [0, 0.05) is 24.2 Å². The van der Waals surface area contributed by atoms with E-state index in [2.05, 4.69) is 24.2 Å². The molecule has 0 aromatic heterocycles. The molecule has 1 heterocycles. The predicted octanol–water partition coefficient (Wildman–Crippen LogP) is 2.05. The van der Waals surface area contributed by atoms with E-state index >= 15 is 0 Å². The number of amides is 1. The van der Waals surface area contributed by atoms with Gasteiger partial charge in [-0.15, -0.1) is 0 Å². The van der Waals surface area contributed by atoms with Crippen LogP contribution >= 0.6 is 0 Å². The molecule has 1 aliphatic heterocycles. The zero-order valence-electron chi connectivity index (χ0n) is 12.1. The monoisotopic (exact) mass is 279 g/mol. The topological polar surface area (TPSA) is 58.4 Å². The van der Waals surface area contributed by atoms with Crippen molar-refractivity contribution in [3.63, 3.8) is 0 Å². The highest BCUT2D eigenvalue weighted by Gasteiger charge is 2.26. The lowest BCUT2D eigenvalue weighted by atomic mass is 9.84. The van der Waals surface area contributed by atoms with Crippen LogP contribution in [0.25, 0.3) is 0 Å². The SMILES string of the molecule is CC1(C)CCCN(Cc2cc(C(=O)NN)ccc2F)C1. The first-order valence-corrected chi connectivity index (χ1v) is 6.93. The van der Waals surface area contributed by atoms with Gasteiger partial charge in [0.05, 0.1) is 0 Å². The van der Waals surface area contributed by atoms with Crippen molar-refractivity contribution in [1.29, 1.82) is 0 Å². The lowest BCUT2D eigenvalue weighted by molar-refractivity contribution is 0.0952. The van der Waals surface area contributed by atoms with E-state index < -0.39 is 5.91 Å². The number of nitrogens with zero attached hydrogens (tertiary/aromatic N) is 1. The summed E-state index contributed by atoms with van der Waals surface area (Å²) in [5.74, 6) is 4.43. The van der Waals surface area contributed by atoms with Gasteiger partial charge in [-0.05, 0) is 43.0 Å². The summed E-state index contributed by atoms with van der Waals surface area (Å²) < 4.78 is 13.9. The van der Waals surface area contributed by atoms with Crippen molar-refractivity contribution in [2.45, 2.75) is 33.2 Å². The van der Waals surface area contributed by atoms with Crippen LogP contribution in [0.15, 0.2) is 18.2 Å². The minimum atomic E-state index is -0.398. The van der Waals surface area contributed by atoms with Gasteiger partial charge in [0.1, 0.15) is 5.82 Å². The second-order valence-electron chi connectivity index (χ2n) is 6.26. The van der Waals surface area contributed by atoms with Crippen LogP contribution in [-0.4, -0.2) is 23.9 Å². The molecule has 0 saturated carbocycles. The molecule has 0 aliphatic carbocycles. The van der Waals surface area contributed by atoms with Gasteiger partial charge in [0.15, 0.2) is 0 Å². The van der Waals surface area contributed by atoms with Crippen LogP contribution in [-0.2, 0) is 6.54 Å². The minimum absolute atomic E-state index is 0.265. The van der Waals surface area contributed by atoms with E-state index in [0.717, 1.165) is 19.5 Å². The molecule has 2 rings (SSSR count). The second-order valence-corrected chi connectivity index (χ2v) is 6.26. The van der Waals surface area contributed by atoms with Crippen molar-refractivity contribution in [3.05, 3.63) is 35.1 Å². The van der Waals surface area contributed by atoms with E-state index in [0.29, 0.717) is 17.7 Å². The summed E-state index contributed by atoms with van der Waals surface area (Å²) in [4.78, 5) is 13.7. The van der Waals surface area contributed by atoms with Crippen molar-refractivity contribution >= 4 is 5.91 Å². The number of benzene rings is 1. The summed E-state index contributed by atoms with van der Waals surface area (Å²) in [5, 5.41) is 0. The number of hydrogen-bond donors (Lipinski definition) is 2. The van der Waals surface area contributed by atoms with Gasteiger partial charge in [-0.2, -0.15) is 0 Å². The maximum atomic E-state index is 13.9. The number of nitrogen functional groups attached to an aromatic ring is 1. The van der Waals surface area contributed by atoms with Gasteiger partial charge in [-0.1, -0.05) is 13.8 Å². The molecule has 0 bridgehead atoms. The smallest absolute Gasteiger partial charge is 0.265 e. The Morgan fingerprint density at radius 3 is 2.90 bits per heavy atom. The number of nitrogens with two attached hydrogens (primary N) is 1. The number of likely N-dealkylation sites (tertiary alicyclic amines) is 1. The van der Waals surface area contributed by atoms with Crippen LogP contribution in [0, 0.1) is 11.2 Å². The number of halogens is 1. The largest absolute Gasteiger partial charge is 0.298 e. The fourth-order valence-electron chi connectivity index (χ4n) is 2.84. The number of nitrogens with one attached hydrogen (secondary N) is 1. The van der Waals surface area contributed by atoms with E-state index in [1.807, 2.05) is 0 Å². The Hall–Kier alpha value is -1.46. The molecule has 1 aromatic carbocycles. The third-order valence-electron chi connectivity index (χ3n) is 3.81. The number of hydrazine groups is 1. The van der Waals surface area contributed by atoms with Crippen molar-refractivity contribution in [3.8, 4) is 0 Å². The maximum absolute atomic E-state index is 13.9. The molecule has 3 N–H and O–H groups in total. The molecule has 1 aliphatic rings. The van der Waals surface area contributed by atoms with Crippen LogP contribution in [0.2, 0.25) is 0 Å². The number of carbonyl (C=O) groups excluding carboxylic acids is 1. The molecule has 5 heteroatoms. The predicted molar refractivity (Wildman–Crippen MR) is 76.3 cm³/mol. The lowest BCUT2D eigenvalue weighted by Gasteiger charge is -2.38. The highest BCUT2D eigenvalue weighted by Crippen LogP contribution is 2.29. The van der Waals surface area contributed by atoms with Crippen LogP contribution in [0.5, 0.6) is 0 Å². The maximum Gasteiger partial charge on any atom is 0.265 e. The third kappa shape index (κ3) is 3.55. The molecule has 4 nitrogen and oxygen atoms in total. The molecular weight excluding hydrogens is 257 g/mol. The summed E-state index contributed by atoms with van der Waals surface area (Å²) in [7, 11) is 0. The highest BCUT2D eigenvalue weighted by molar-refractivity contribution is 5.93. The molecule has 0 unspecified atom stereocenters. The van der Waals surface area contributed by atoms with Crippen molar-refractivity contribution in [2.75, 3.05) is 13.1 Å². The first-order valence-electron chi connectivity index (χ1n) is 6.93. The number of rotatable bonds is 3. The fourth-order valence-corrected chi connectivity index (χ4v) is 2.84. The average molecular weight is 279 g/mol. The molecule has 1 aromatic rings. The van der Waals surface area contributed by atoms with E-state index in [-0.39, 0.29) is 11.2 Å². The lowest BCUT2D eigenvalue weighted by Crippen LogP contribution is -2.39. The van der Waals surface area contributed by atoms with Crippen molar-refractivity contribution < 1.29 is 9.18 Å². The molecule has 0 spiro atoms. The van der Waals surface area contributed by atoms with Gasteiger partial charge in [0.2, 0.25) is 0 Å². The quantitative estimate of drug-likeness (QED) is 0.506. The summed E-state index contributed by atoms with van der Waals surface area (Å²) in [6.07, 6.45) is 2.32. The Labute approximate surface area is 119 Å². The van der Waals surface area contributed by atoms with Gasteiger partial charge in [0.25, 0.3) is 5.91 Å². The number of piperidine rings is 1. The van der Waals surface area contributed by atoms with Crippen LogP contribution in [0.1, 0.15) is 42.6 Å². The first kappa shape index (κ1) is 14.9. The van der Waals surface area contributed by atoms with Crippen LogP contribution in [0.4, 0.5) is 4.39 Å². The van der Waals surface area contributed by atoms with Gasteiger partial charge in [-0.3, -0.25) is 15.1 Å². The van der Waals surface area contributed by atoms with Gasteiger partial charge in [-0.25, -0.2) is 10.2 Å². The molecule has 20 heavy (non-hydrogen) atoms. The van der Waals surface area contributed by atoms with Crippen LogP contribution < -0.4 is 11.3 Å². The molecule has 0 atom stereocenters. The Balaban J connectivity index is 2.14. The summed E-state index contributed by atoms with van der Waals surface area (Å²) in [6.45, 7) is 6.90. The molecule has 110 valence electrons. The van der Waals surface area contributed by atoms with Crippen molar-refractivity contribution in [1.82, 2.24) is 10.3 Å². The van der Waals surface area contributed by atoms with E-state index in [1.165, 1.54) is 18.6 Å². The molecule has 1 amide bonds. The molecule has 0 radical (unpaired) electrons. The third-order valence-corrected chi connectivity index (χ3v) is 3.81. The summed E-state index contributed by atoms with van der Waals surface area (Å²) in [6, 6.07) is 4.36. The van der Waals surface area contributed by atoms with E-state index in [1.54, 1.807) is 6.07 Å². The Bertz CT molecular complexity index is 502. The normalized spacial score (nSPS) is 18.8. The molecule has 1 fully saturated rings. The molecule has 1 saturated heterocycles. The zero-order chi connectivity index (χ0) is 14.8. The van der Waals surface area contributed by atoms with E-state index in [9.17, 15) is 9.18 Å².